The number of furan rings is 1. The maximum atomic E-state index is 11.1. The average molecular weight is 274 g/mol. The van der Waals surface area contributed by atoms with Crippen LogP contribution in [0.3, 0.4) is 0 Å². The molecular weight excluding hydrogens is 256 g/mol. The summed E-state index contributed by atoms with van der Waals surface area (Å²) in [5.74, 6) is 0.802. The largest absolute Gasteiger partial charge is 0.468 e. The first-order chi connectivity index (χ1) is 9.72. The molecule has 0 aliphatic heterocycles. The van der Waals surface area contributed by atoms with E-state index in [2.05, 4.69) is 12.2 Å². The van der Waals surface area contributed by atoms with Crippen LogP contribution in [0.25, 0.3) is 0 Å². The van der Waals surface area contributed by atoms with Crippen LogP contribution >= 0.6 is 0 Å². The zero-order chi connectivity index (χ0) is 14.4. The molecule has 1 aromatic carbocycles. The van der Waals surface area contributed by atoms with E-state index >= 15 is 0 Å². The lowest BCUT2D eigenvalue weighted by atomic mass is 10.0. The minimum Gasteiger partial charge on any atom is -0.468 e. The van der Waals surface area contributed by atoms with Crippen molar-refractivity contribution in [1.82, 2.24) is 5.32 Å². The smallest absolute Gasteiger partial charge is 0.272 e. The van der Waals surface area contributed by atoms with Crippen LogP contribution in [-0.4, -0.2) is 11.5 Å². The average Bonchev–Trinajstić information content (AvgIpc) is 2.97. The molecule has 0 fully saturated rings. The highest BCUT2D eigenvalue weighted by molar-refractivity contribution is 5.40. The Labute approximate surface area is 117 Å². The van der Waals surface area contributed by atoms with Gasteiger partial charge in [0.25, 0.3) is 5.69 Å². The Balaban J connectivity index is 2.21. The standard InChI is InChI=1S/C15H18N2O3/c1-2-9-16-13(15-8-5-10-20-15)11-12-6-3-4-7-14(12)17(18)19/h3-8,10,13,16H,2,9,11H2,1H3. The number of hydrogen-bond donors (Lipinski definition) is 1. The summed E-state index contributed by atoms with van der Waals surface area (Å²) < 4.78 is 5.43. The SMILES string of the molecule is CCCNC(Cc1ccccc1[N+](=O)[O-])c1ccco1. The lowest BCUT2D eigenvalue weighted by molar-refractivity contribution is -0.385. The highest BCUT2D eigenvalue weighted by Crippen LogP contribution is 2.25. The van der Waals surface area contributed by atoms with Crippen LogP contribution < -0.4 is 5.32 Å². The summed E-state index contributed by atoms with van der Waals surface area (Å²) in [6.07, 6.45) is 3.15. The van der Waals surface area contributed by atoms with Gasteiger partial charge in [-0.15, -0.1) is 0 Å². The normalized spacial score (nSPS) is 12.2. The molecule has 2 rings (SSSR count). The quantitative estimate of drug-likeness (QED) is 0.620. The Hall–Kier alpha value is -2.14. The zero-order valence-corrected chi connectivity index (χ0v) is 11.4. The number of para-hydroxylation sites is 1. The predicted molar refractivity (Wildman–Crippen MR) is 76.5 cm³/mol. The van der Waals surface area contributed by atoms with E-state index in [4.69, 9.17) is 4.42 Å². The second kappa shape index (κ2) is 6.86. The van der Waals surface area contributed by atoms with Crippen molar-refractivity contribution in [3.05, 3.63) is 64.1 Å². The molecule has 0 aliphatic rings. The van der Waals surface area contributed by atoms with Crippen molar-refractivity contribution in [3.8, 4) is 0 Å². The maximum Gasteiger partial charge on any atom is 0.272 e. The number of nitro benzene ring substituents is 1. The van der Waals surface area contributed by atoms with Gasteiger partial charge in [-0.25, -0.2) is 0 Å². The van der Waals surface area contributed by atoms with Gasteiger partial charge in [0.15, 0.2) is 0 Å². The first-order valence-corrected chi connectivity index (χ1v) is 6.71. The number of benzene rings is 1. The van der Waals surface area contributed by atoms with E-state index in [1.165, 1.54) is 6.07 Å². The van der Waals surface area contributed by atoms with Crippen LogP contribution in [-0.2, 0) is 6.42 Å². The van der Waals surface area contributed by atoms with E-state index in [0.717, 1.165) is 18.7 Å². The van der Waals surface area contributed by atoms with E-state index < -0.39 is 0 Å². The van der Waals surface area contributed by atoms with Crippen molar-refractivity contribution in [2.24, 2.45) is 0 Å². The van der Waals surface area contributed by atoms with Crippen LogP contribution in [0, 0.1) is 10.1 Å². The molecule has 0 aliphatic carbocycles. The van der Waals surface area contributed by atoms with Crippen LogP contribution in [0.4, 0.5) is 5.69 Å². The molecule has 0 bridgehead atoms. The molecule has 2 aromatic rings. The van der Waals surface area contributed by atoms with Gasteiger partial charge in [0.2, 0.25) is 0 Å². The van der Waals surface area contributed by atoms with E-state index in [1.807, 2.05) is 18.2 Å². The molecule has 5 nitrogen and oxygen atoms in total. The Morgan fingerprint density at radius 2 is 2.10 bits per heavy atom. The van der Waals surface area contributed by atoms with Crippen molar-refractivity contribution in [2.45, 2.75) is 25.8 Å². The molecule has 0 spiro atoms. The minimum absolute atomic E-state index is 0.0500. The van der Waals surface area contributed by atoms with Gasteiger partial charge in [-0.2, -0.15) is 0 Å². The Morgan fingerprint density at radius 3 is 2.75 bits per heavy atom. The van der Waals surface area contributed by atoms with Crippen molar-refractivity contribution < 1.29 is 9.34 Å². The maximum absolute atomic E-state index is 11.1. The van der Waals surface area contributed by atoms with Gasteiger partial charge in [-0.1, -0.05) is 25.1 Å². The Morgan fingerprint density at radius 1 is 1.30 bits per heavy atom. The van der Waals surface area contributed by atoms with Crippen molar-refractivity contribution in [1.29, 1.82) is 0 Å². The van der Waals surface area contributed by atoms with Crippen LogP contribution in [0.2, 0.25) is 0 Å². The first kappa shape index (κ1) is 14.3. The molecule has 106 valence electrons. The van der Waals surface area contributed by atoms with E-state index in [0.29, 0.717) is 12.0 Å². The molecule has 1 unspecified atom stereocenters. The molecule has 0 radical (unpaired) electrons. The summed E-state index contributed by atoms with van der Waals surface area (Å²) in [6.45, 7) is 2.92. The first-order valence-electron chi connectivity index (χ1n) is 6.71. The molecule has 1 aromatic heterocycles. The molecule has 5 heteroatoms. The van der Waals surface area contributed by atoms with Crippen molar-refractivity contribution in [2.75, 3.05) is 6.54 Å². The number of nitro groups is 1. The fraction of sp³-hybridized carbons (Fsp3) is 0.333. The Bertz CT molecular complexity index is 552. The fourth-order valence-corrected chi connectivity index (χ4v) is 2.16. The van der Waals surface area contributed by atoms with E-state index in [-0.39, 0.29) is 16.7 Å². The van der Waals surface area contributed by atoms with E-state index in [1.54, 1.807) is 18.4 Å². The highest BCUT2D eigenvalue weighted by atomic mass is 16.6. The molecular formula is C15H18N2O3. The topological polar surface area (TPSA) is 68.3 Å². The number of nitrogens with one attached hydrogen (secondary N) is 1. The van der Waals surface area contributed by atoms with Crippen LogP contribution in [0.5, 0.6) is 0 Å². The second-order valence-electron chi connectivity index (χ2n) is 4.61. The lowest BCUT2D eigenvalue weighted by Gasteiger charge is -2.16. The molecule has 1 N–H and O–H groups in total. The number of hydrogen-bond acceptors (Lipinski definition) is 4. The number of nitrogens with zero attached hydrogens (tertiary/aromatic N) is 1. The summed E-state index contributed by atoms with van der Waals surface area (Å²) >= 11 is 0. The zero-order valence-electron chi connectivity index (χ0n) is 11.4. The highest BCUT2D eigenvalue weighted by Gasteiger charge is 2.19. The van der Waals surface area contributed by atoms with Gasteiger partial charge in [0, 0.05) is 18.1 Å². The predicted octanol–water partition coefficient (Wildman–Crippen LogP) is 3.47. The Kier molecular flexibility index (Phi) is 4.90. The van der Waals surface area contributed by atoms with Gasteiger partial charge in [0.1, 0.15) is 5.76 Å². The molecule has 1 atom stereocenters. The van der Waals surface area contributed by atoms with Gasteiger partial charge in [-0.05, 0) is 25.1 Å². The summed E-state index contributed by atoms with van der Waals surface area (Å²) in [6, 6.07) is 10.5. The van der Waals surface area contributed by atoms with E-state index in [9.17, 15) is 10.1 Å². The second-order valence-corrected chi connectivity index (χ2v) is 4.61. The minimum atomic E-state index is -0.339. The monoisotopic (exact) mass is 274 g/mol. The molecule has 0 amide bonds. The fourth-order valence-electron chi connectivity index (χ4n) is 2.16. The third-order valence-electron chi connectivity index (χ3n) is 3.14. The lowest BCUT2D eigenvalue weighted by Crippen LogP contribution is -2.24. The third kappa shape index (κ3) is 3.45. The van der Waals surface area contributed by atoms with Gasteiger partial charge in [-0.3, -0.25) is 10.1 Å². The van der Waals surface area contributed by atoms with Crippen LogP contribution in [0.1, 0.15) is 30.7 Å². The third-order valence-corrected chi connectivity index (χ3v) is 3.14. The van der Waals surface area contributed by atoms with Gasteiger partial charge in [0.05, 0.1) is 17.2 Å². The van der Waals surface area contributed by atoms with Crippen molar-refractivity contribution in [3.63, 3.8) is 0 Å². The molecule has 0 saturated heterocycles. The molecule has 1 heterocycles. The molecule has 20 heavy (non-hydrogen) atoms. The summed E-state index contributed by atoms with van der Waals surface area (Å²) in [4.78, 5) is 10.7. The summed E-state index contributed by atoms with van der Waals surface area (Å²) in [7, 11) is 0. The number of rotatable bonds is 7. The summed E-state index contributed by atoms with van der Waals surface area (Å²) in [5, 5.41) is 14.4. The van der Waals surface area contributed by atoms with Crippen LogP contribution in [0.15, 0.2) is 47.1 Å². The molecule has 0 saturated carbocycles. The van der Waals surface area contributed by atoms with Gasteiger partial charge >= 0.3 is 0 Å². The van der Waals surface area contributed by atoms with Gasteiger partial charge < -0.3 is 9.73 Å². The summed E-state index contributed by atoms with van der Waals surface area (Å²) in [5.41, 5.74) is 0.866. The van der Waals surface area contributed by atoms with Crippen molar-refractivity contribution >= 4 is 5.69 Å².